The Labute approximate surface area is 385 Å². The minimum absolute atomic E-state index is 0.0357. The molecule has 2 bridgehead atoms. The van der Waals surface area contributed by atoms with Crippen molar-refractivity contribution in [2.75, 3.05) is 13.2 Å². The number of ketones is 2. The van der Waals surface area contributed by atoms with Gasteiger partial charge in [-0.15, -0.1) is 5.92 Å². The molecular weight excluding hydrogens is 821 g/mol. The normalized spacial score (nSPS) is 50.3. The van der Waals surface area contributed by atoms with Crippen LogP contribution in [0.3, 0.4) is 0 Å². The summed E-state index contributed by atoms with van der Waals surface area (Å²) in [5, 5.41) is 66.7. The van der Waals surface area contributed by atoms with Gasteiger partial charge in [-0.05, 0) is 161 Å². The number of hydrogen-bond acceptors (Lipinski definition) is 10. The number of hydrogen-bond donors (Lipinski definition) is 7. The van der Waals surface area contributed by atoms with Crippen molar-refractivity contribution in [3.63, 3.8) is 0 Å². The van der Waals surface area contributed by atoms with Crippen LogP contribution in [0.5, 0.6) is 0 Å². The Kier molecular flexibility index (Phi) is 10.9. The summed E-state index contributed by atoms with van der Waals surface area (Å²) in [6, 6.07) is 1.97. The number of allylic oxidation sites excluding steroid dienone is 3. The lowest BCUT2D eigenvalue weighted by atomic mass is 9.44. The number of rotatable bonds is 5. The zero-order valence-electron chi connectivity index (χ0n) is 39.5. The molecule has 0 radical (unpaired) electrons. The van der Waals surface area contributed by atoms with Crippen LogP contribution >= 0.6 is 0 Å². The Balaban J connectivity index is 1.14. The number of esters is 1. The second-order valence-electron chi connectivity index (χ2n) is 24.1. The third-order valence-corrected chi connectivity index (χ3v) is 20.7. The van der Waals surface area contributed by atoms with Gasteiger partial charge in [0.2, 0.25) is 0 Å². The molecule has 19 atom stereocenters. The van der Waals surface area contributed by atoms with Crippen LogP contribution in [-0.4, -0.2) is 90.2 Å². The molecule has 10 rings (SSSR count). The molecule has 11 nitrogen and oxygen atoms in total. The van der Waals surface area contributed by atoms with Gasteiger partial charge < -0.3 is 40.6 Å². The molecule has 65 heavy (non-hydrogen) atoms. The molecular formula is C54H74N2O9. The molecule has 6 fully saturated rings. The van der Waals surface area contributed by atoms with Crippen molar-refractivity contribution >= 4 is 17.5 Å². The lowest BCUT2D eigenvalue weighted by Gasteiger charge is -2.62. The topological polar surface area (TPSA) is 189 Å². The summed E-state index contributed by atoms with van der Waals surface area (Å²) in [7, 11) is 0. The summed E-state index contributed by atoms with van der Waals surface area (Å²) in [6.45, 7) is 12.2. The van der Waals surface area contributed by atoms with E-state index in [2.05, 4.69) is 42.1 Å². The van der Waals surface area contributed by atoms with Gasteiger partial charge in [0.05, 0.1) is 53.8 Å². The molecule has 354 valence electrons. The highest BCUT2D eigenvalue weighted by Crippen LogP contribution is 2.73. The molecule has 1 spiro atoms. The Bertz CT molecular complexity index is 2240. The molecule has 0 unspecified atom stereocenters. The molecule has 1 aromatic heterocycles. The number of aromatic amines is 1. The number of aliphatic hydroxyl groups excluding tert-OH is 2. The van der Waals surface area contributed by atoms with Gasteiger partial charge in [0.15, 0.2) is 5.78 Å². The molecule has 0 aromatic carbocycles. The molecule has 8 aliphatic carbocycles. The van der Waals surface area contributed by atoms with E-state index in [0.717, 1.165) is 37.7 Å². The van der Waals surface area contributed by atoms with Gasteiger partial charge in [0, 0.05) is 47.9 Å². The third-order valence-electron chi connectivity index (χ3n) is 20.7. The van der Waals surface area contributed by atoms with Gasteiger partial charge in [-0.25, -0.2) is 0 Å². The fourth-order valence-corrected chi connectivity index (χ4v) is 17.6. The number of H-pyrrole nitrogens is 1. The fraction of sp³-hybridized carbons (Fsp3) is 0.759. The van der Waals surface area contributed by atoms with E-state index in [9.17, 15) is 39.9 Å². The average Bonchev–Trinajstić information content (AvgIpc) is 3.94. The number of aliphatic hydroxyl groups is 5. The van der Waals surface area contributed by atoms with Gasteiger partial charge in [-0.2, -0.15) is 0 Å². The quantitative estimate of drug-likeness (QED) is 0.101. The zero-order chi connectivity index (χ0) is 46.2. The minimum Gasteiger partial charge on any atom is -0.465 e. The first-order chi connectivity index (χ1) is 30.7. The highest BCUT2D eigenvalue weighted by atomic mass is 16.5. The van der Waals surface area contributed by atoms with E-state index in [1.807, 2.05) is 39.2 Å². The van der Waals surface area contributed by atoms with Crippen LogP contribution in [0.25, 0.3) is 0 Å². The molecule has 1 saturated heterocycles. The molecule has 1 aliphatic heterocycles. The van der Waals surface area contributed by atoms with E-state index < -0.39 is 63.5 Å². The van der Waals surface area contributed by atoms with Gasteiger partial charge in [0.1, 0.15) is 5.78 Å². The second kappa shape index (κ2) is 15.6. The fourth-order valence-electron chi connectivity index (χ4n) is 17.6. The summed E-state index contributed by atoms with van der Waals surface area (Å²) in [5.74, 6) is 5.12. The van der Waals surface area contributed by atoms with Crippen LogP contribution in [-0.2, 0) is 19.1 Å². The summed E-state index contributed by atoms with van der Waals surface area (Å²) in [4.78, 5) is 44.4. The summed E-state index contributed by atoms with van der Waals surface area (Å²) < 4.78 is 5.95. The van der Waals surface area contributed by atoms with Crippen molar-refractivity contribution in [3.05, 3.63) is 46.9 Å². The van der Waals surface area contributed by atoms with Crippen LogP contribution < -0.4 is 5.32 Å². The van der Waals surface area contributed by atoms with E-state index >= 15 is 0 Å². The smallest absolute Gasteiger partial charge is 0.313 e. The maximum atomic E-state index is 14.9. The van der Waals surface area contributed by atoms with Crippen LogP contribution in [0, 0.1) is 87.3 Å². The van der Waals surface area contributed by atoms with E-state index in [4.69, 9.17) is 4.74 Å². The highest BCUT2D eigenvalue weighted by molar-refractivity contribution is 6.00. The van der Waals surface area contributed by atoms with Crippen LogP contribution in [0.4, 0.5) is 0 Å². The molecule has 9 aliphatic rings. The molecule has 5 saturated carbocycles. The van der Waals surface area contributed by atoms with Crippen molar-refractivity contribution in [3.8, 4) is 11.8 Å². The van der Waals surface area contributed by atoms with E-state index in [0.29, 0.717) is 55.9 Å². The predicted octanol–water partition coefficient (Wildman–Crippen LogP) is 6.29. The number of ether oxygens (including phenoxy) is 1. The number of carbonyl (C=O) groups excluding carboxylic acids is 3. The third kappa shape index (κ3) is 6.56. The lowest BCUT2D eigenvalue weighted by molar-refractivity contribution is -0.222. The number of fused-ring (bicyclic) bond motifs is 10. The molecule has 0 amide bonds. The van der Waals surface area contributed by atoms with Crippen molar-refractivity contribution in [2.24, 2.45) is 75.4 Å². The summed E-state index contributed by atoms with van der Waals surface area (Å²) in [5.41, 5.74) is -3.70. The SMILES string of the molecule is CC(=O)CNC1=C2[C@H](CC[C@]3(C)[C@@H]4[C@H](CC#C[C@@H]([C@@H]5COC(=O)[C@H]5c5cc[nH]c5)C[C@@]56CC[C@@](O)(C[C@@H](C)[C@@H]5CC=C5CC[C@H](C)C[C@@H]56)[C@]4(C)O)C[C@@]23O)[C@@]2(C)C[C@H](O)[C@H](O)C[C@H]2C1=O. The van der Waals surface area contributed by atoms with Gasteiger partial charge in [0.25, 0.3) is 0 Å². The Hall–Kier alpha value is -3.27. The molecule has 7 N–H and O–H groups in total. The van der Waals surface area contributed by atoms with Crippen LogP contribution in [0.2, 0.25) is 0 Å². The second-order valence-corrected chi connectivity index (χ2v) is 24.1. The predicted molar refractivity (Wildman–Crippen MR) is 243 cm³/mol. The lowest BCUT2D eigenvalue weighted by Crippen LogP contribution is -2.66. The number of carbonyl (C=O) groups is 3. The van der Waals surface area contributed by atoms with Gasteiger partial charge in [-0.3, -0.25) is 14.4 Å². The Morgan fingerprint density at radius 1 is 0.954 bits per heavy atom. The van der Waals surface area contributed by atoms with E-state index in [1.54, 1.807) is 0 Å². The van der Waals surface area contributed by atoms with Crippen molar-refractivity contribution in [1.29, 1.82) is 0 Å². The molecule has 2 heterocycles. The number of cyclic esters (lactones) is 1. The average molecular weight is 895 g/mol. The highest BCUT2D eigenvalue weighted by Gasteiger charge is 2.74. The van der Waals surface area contributed by atoms with Crippen LogP contribution in [0.1, 0.15) is 143 Å². The first-order valence-electron chi connectivity index (χ1n) is 25.2. The minimum atomic E-state index is -1.68. The molecule has 1 aromatic rings. The number of Topliss-reactive ketones (excluding diaryl/α,β-unsaturated/α-hetero) is 2. The van der Waals surface area contributed by atoms with Gasteiger partial charge >= 0.3 is 5.97 Å². The zero-order valence-corrected chi connectivity index (χ0v) is 39.5. The van der Waals surface area contributed by atoms with E-state index in [1.165, 1.54) is 12.5 Å². The molecule has 11 heteroatoms. The maximum Gasteiger partial charge on any atom is 0.313 e. The monoisotopic (exact) mass is 895 g/mol. The first kappa shape index (κ1) is 45.5. The standard InChI is InChI=1S/C54H74N2O9/c1-29-10-11-32-12-13-37-30(2)22-53(63)18-17-52(37,39(32)20-29)23-33(36-28-65-48(61)43(36)35-15-19-55-27-35)8-7-9-34-24-54(64)44-38(14-16-50(54,5)47(34)51(53,6)62)49(4)25-42(59)41(58)21-40(49)46(60)45(44)56-26-31(3)57/h12,15,19,27,29-30,33-34,36-43,47,55-56,58-59,62-64H,9-11,13-14,16-18,20-26,28H2,1-6H3/t29-,30+,33+,34+,36-,37-,38-,39-,40-,41+,42-,43-,47-,49+,50+,51+,52-,53+,54+/m0/s1. The largest absolute Gasteiger partial charge is 0.465 e. The Morgan fingerprint density at radius 3 is 2.48 bits per heavy atom. The van der Waals surface area contributed by atoms with E-state index in [-0.39, 0.29) is 90.7 Å². The van der Waals surface area contributed by atoms with Crippen molar-refractivity contribution in [1.82, 2.24) is 10.3 Å². The maximum absolute atomic E-state index is 14.9. The van der Waals surface area contributed by atoms with Crippen LogP contribution in [0.15, 0.2) is 41.4 Å². The first-order valence-corrected chi connectivity index (χ1v) is 25.2. The van der Waals surface area contributed by atoms with Crippen molar-refractivity contribution < 1.29 is 44.7 Å². The van der Waals surface area contributed by atoms with Gasteiger partial charge in [-0.1, -0.05) is 45.3 Å². The summed E-state index contributed by atoms with van der Waals surface area (Å²) in [6.07, 6.45) is 12.4. The number of nitrogens with one attached hydrogen (secondary N) is 2. The Morgan fingerprint density at radius 2 is 1.74 bits per heavy atom. The number of aromatic nitrogens is 1. The van der Waals surface area contributed by atoms with Crippen molar-refractivity contribution in [2.45, 2.75) is 166 Å². The summed E-state index contributed by atoms with van der Waals surface area (Å²) >= 11 is 0.